The number of amides is 2. The van der Waals surface area contributed by atoms with Crippen LogP contribution in [0.4, 0.5) is 10.1 Å². The van der Waals surface area contributed by atoms with Crippen LogP contribution >= 0.6 is 0 Å². The van der Waals surface area contributed by atoms with Crippen LogP contribution in [0.3, 0.4) is 0 Å². The Kier molecular flexibility index (Phi) is 6.75. The fourth-order valence-corrected chi connectivity index (χ4v) is 3.73. The van der Waals surface area contributed by atoms with E-state index in [1.54, 1.807) is 78.9 Å². The zero-order valence-electron chi connectivity index (χ0n) is 19.4. The Labute approximate surface area is 203 Å². The predicted octanol–water partition coefficient (Wildman–Crippen LogP) is 5.06. The monoisotopic (exact) mass is 468 g/mol. The molecule has 4 rings (SSSR count). The lowest BCUT2D eigenvalue weighted by Crippen LogP contribution is -2.54. The van der Waals surface area contributed by atoms with E-state index in [9.17, 15) is 19.1 Å². The van der Waals surface area contributed by atoms with E-state index >= 15 is 0 Å². The highest BCUT2D eigenvalue weighted by molar-refractivity contribution is 6.08. The number of nitrogens with zero attached hydrogens (tertiary/aromatic N) is 1. The summed E-state index contributed by atoms with van der Waals surface area (Å²) < 4.78 is 13.6. The number of anilines is 1. The number of halogens is 1. The number of rotatable bonds is 5. The molecular formula is C29H25FN2O3. The molecule has 0 saturated carbocycles. The molecule has 0 radical (unpaired) electrons. The fraction of sp³-hybridized carbons (Fsp3) is 0.103. The first-order chi connectivity index (χ1) is 16.8. The van der Waals surface area contributed by atoms with Gasteiger partial charge in [-0.1, -0.05) is 77.9 Å². The van der Waals surface area contributed by atoms with Gasteiger partial charge in [0.2, 0.25) is 0 Å². The highest BCUT2D eigenvalue weighted by Gasteiger charge is 2.41. The largest absolute Gasteiger partial charge is 0.372 e. The van der Waals surface area contributed by atoms with E-state index in [1.165, 1.54) is 24.3 Å². The van der Waals surface area contributed by atoms with E-state index in [0.717, 1.165) is 16.1 Å². The third-order valence-corrected chi connectivity index (χ3v) is 5.79. The quantitative estimate of drug-likeness (QED) is 0.403. The highest BCUT2D eigenvalue weighted by atomic mass is 19.1. The molecule has 0 aromatic heterocycles. The molecule has 2 amide bonds. The molecule has 0 bridgehead atoms. The van der Waals surface area contributed by atoms with E-state index in [0.29, 0.717) is 16.7 Å². The minimum atomic E-state index is -2.10. The van der Waals surface area contributed by atoms with Gasteiger partial charge in [0.15, 0.2) is 5.60 Å². The number of hydrazine groups is 1. The molecule has 0 heterocycles. The van der Waals surface area contributed by atoms with Crippen molar-refractivity contribution in [3.8, 4) is 0 Å². The Bertz CT molecular complexity index is 1270. The Morgan fingerprint density at radius 3 is 1.71 bits per heavy atom. The van der Waals surface area contributed by atoms with Gasteiger partial charge in [-0.3, -0.25) is 15.0 Å². The van der Waals surface area contributed by atoms with E-state index < -0.39 is 23.2 Å². The van der Waals surface area contributed by atoms with Gasteiger partial charge in [-0.25, -0.2) is 9.40 Å². The van der Waals surface area contributed by atoms with Crippen LogP contribution in [-0.2, 0) is 10.4 Å². The number of hydrogen-bond acceptors (Lipinski definition) is 3. The van der Waals surface area contributed by atoms with E-state index in [4.69, 9.17) is 0 Å². The predicted molar refractivity (Wildman–Crippen MR) is 133 cm³/mol. The summed E-state index contributed by atoms with van der Waals surface area (Å²) in [6.45, 7) is 3.81. The maximum atomic E-state index is 13.8. The Morgan fingerprint density at radius 2 is 1.23 bits per heavy atom. The zero-order valence-corrected chi connectivity index (χ0v) is 19.4. The lowest BCUT2D eigenvalue weighted by atomic mass is 9.85. The van der Waals surface area contributed by atoms with Crippen molar-refractivity contribution in [2.75, 3.05) is 5.01 Å². The van der Waals surface area contributed by atoms with Gasteiger partial charge >= 0.3 is 0 Å². The van der Waals surface area contributed by atoms with Gasteiger partial charge in [-0.15, -0.1) is 0 Å². The van der Waals surface area contributed by atoms with Crippen LogP contribution in [0.2, 0.25) is 0 Å². The van der Waals surface area contributed by atoms with Gasteiger partial charge < -0.3 is 5.11 Å². The van der Waals surface area contributed by atoms with E-state index in [1.807, 2.05) is 13.8 Å². The summed E-state index contributed by atoms with van der Waals surface area (Å²) in [5.74, 6) is -1.86. The molecule has 0 spiro atoms. The molecular weight excluding hydrogens is 443 g/mol. The Morgan fingerprint density at radius 1 is 0.743 bits per heavy atom. The molecule has 0 saturated heterocycles. The molecule has 35 heavy (non-hydrogen) atoms. The molecule has 4 aromatic carbocycles. The minimum absolute atomic E-state index is 0.240. The van der Waals surface area contributed by atoms with Crippen LogP contribution in [0.5, 0.6) is 0 Å². The van der Waals surface area contributed by atoms with Crippen molar-refractivity contribution in [1.82, 2.24) is 5.43 Å². The maximum absolute atomic E-state index is 13.8. The summed E-state index contributed by atoms with van der Waals surface area (Å²) >= 11 is 0. The van der Waals surface area contributed by atoms with Crippen LogP contribution in [-0.4, -0.2) is 16.9 Å². The number of carbonyl (C=O) groups excluding carboxylic acids is 2. The topological polar surface area (TPSA) is 69.6 Å². The molecule has 0 aliphatic heterocycles. The van der Waals surface area contributed by atoms with Gasteiger partial charge in [0, 0.05) is 5.56 Å². The summed E-state index contributed by atoms with van der Waals surface area (Å²) in [7, 11) is 0. The van der Waals surface area contributed by atoms with Gasteiger partial charge in [0.05, 0.1) is 5.69 Å². The Balaban J connectivity index is 1.79. The lowest BCUT2D eigenvalue weighted by Gasteiger charge is -2.32. The second-order valence-corrected chi connectivity index (χ2v) is 8.37. The van der Waals surface area contributed by atoms with Gasteiger partial charge in [-0.2, -0.15) is 0 Å². The first kappa shape index (κ1) is 23.9. The fourth-order valence-electron chi connectivity index (χ4n) is 3.73. The molecule has 0 fully saturated rings. The zero-order chi connectivity index (χ0) is 25.0. The molecule has 0 aliphatic carbocycles. The lowest BCUT2D eigenvalue weighted by molar-refractivity contribution is -0.136. The first-order valence-electron chi connectivity index (χ1n) is 11.1. The number of nitrogens with one attached hydrogen (secondary N) is 1. The summed E-state index contributed by atoms with van der Waals surface area (Å²) in [5, 5.41) is 12.9. The van der Waals surface area contributed by atoms with Crippen LogP contribution in [0.15, 0.2) is 103 Å². The van der Waals surface area contributed by atoms with Crippen molar-refractivity contribution < 1.29 is 19.1 Å². The van der Waals surface area contributed by atoms with Crippen molar-refractivity contribution >= 4 is 17.5 Å². The Hall–Kier alpha value is -4.29. The normalized spacial score (nSPS) is 11.1. The van der Waals surface area contributed by atoms with Crippen molar-refractivity contribution in [2.45, 2.75) is 19.4 Å². The van der Waals surface area contributed by atoms with Crippen molar-refractivity contribution in [2.24, 2.45) is 0 Å². The van der Waals surface area contributed by atoms with Crippen LogP contribution in [0.1, 0.15) is 32.6 Å². The van der Waals surface area contributed by atoms with Crippen molar-refractivity contribution in [3.63, 3.8) is 0 Å². The van der Waals surface area contributed by atoms with E-state index in [2.05, 4.69) is 5.43 Å². The molecule has 0 unspecified atom stereocenters. The molecule has 0 aliphatic rings. The van der Waals surface area contributed by atoms with Gasteiger partial charge in [0.1, 0.15) is 5.82 Å². The SMILES string of the molecule is Cc1ccc(C(O)(C(=O)NN(C(=O)c2ccccc2)c2ccc(F)cc2)c2ccc(C)cc2)cc1. The van der Waals surface area contributed by atoms with E-state index in [-0.39, 0.29) is 5.69 Å². The molecule has 176 valence electrons. The molecule has 6 heteroatoms. The second kappa shape index (κ2) is 9.91. The highest BCUT2D eigenvalue weighted by Crippen LogP contribution is 2.31. The standard InChI is InChI=1S/C29H25FN2O3/c1-20-8-12-23(13-9-20)29(35,24-14-10-21(2)11-15-24)28(34)31-32(26-18-16-25(30)17-19-26)27(33)22-6-4-3-5-7-22/h3-19,35H,1-2H3,(H,31,34). The van der Waals surface area contributed by atoms with Gasteiger partial charge in [-0.05, 0) is 61.4 Å². The average molecular weight is 469 g/mol. The summed E-state index contributed by atoms with van der Waals surface area (Å²) in [4.78, 5) is 27.2. The second-order valence-electron chi connectivity index (χ2n) is 8.37. The summed E-state index contributed by atoms with van der Waals surface area (Å²) in [6.07, 6.45) is 0. The minimum Gasteiger partial charge on any atom is -0.372 e. The maximum Gasteiger partial charge on any atom is 0.280 e. The number of aliphatic hydroxyl groups is 1. The molecule has 5 nitrogen and oxygen atoms in total. The van der Waals surface area contributed by atoms with Gasteiger partial charge in [0.25, 0.3) is 11.8 Å². The molecule has 2 N–H and O–H groups in total. The number of hydrogen-bond donors (Lipinski definition) is 2. The smallest absolute Gasteiger partial charge is 0.280 e. The third-order valence-electron chi connectivity index (χ3n) is 5.79. The first-order valence-corrected chi connectivity index (χ1v) is 11.1. The van der Waals surface area contributed by atoms with Crippen molar-refractivity contribution in [1.29, 1.82) is 0 Å². The van der Waals surface area contributed by atoms with Crippen molar-refractivity contribution in [3.05, 3.63) is 137 Å². The average Bonchev–Trinajstić information content (AvgIpc) is 2.88. The number of aryl methyl sites for hydroxylation is 2. The summed E-state index contributed by atoms with van der Waals surface area (Å²) in [5.41, 5.74) is 3.66. The summed E-state index contributed by atoms with van der Waals surface area (Å²) in [6, 6.07) is 27.4. The molecule has 0 atom stereocenters. The molecule has 4 aromatic rings. The van der Waals surface area contributed by atoms with Crippen LogP contribution in [0, 0.1) is 19.7 Å². The third kappa shape index (κ3) is 4.98. The number of carbonyl (C=O) groups is 2. The van der Waals surface area contributed by atoms with Crippen LogP contribution < -0.4 is 10.4 Å². The van der Waals surface area contributed by atoms with Crippen LogP contribution in [0.25, 0.3) is 0 Å². The number of benzene rings is 4.